The fourth-order valence-electron chi connectivity index (χ4n) is 2.95. The molecule has 0 aliphatic rings. The van der Waals surface area contributed by atoms with E-state index in [1.54, 1.807) is 48.5 Å². The summed E-state index contributed by atoms with van der Waals surface area (Å²) in [6.45, 7) is 1.82. The van der Waals surface area contributed by atoms with Crippen LogP contribution < -0.4 is 22.1 Å². The molecule has 0 aliphatic carbocycles. The molecule has 9 nitrogen and oxygen atoms in total. The lowest BCUT2D eigenvalue weighted by molar-refractivity contribution is -0.134. The zero-order valence-electron chi connectivity index (χ0n) is 19.0. The lowest BCUT2D eigenvalue weighted by Crippen LogP contribution is -2.23. The Morgan fingerprint density at radius 3 is 2.11 bits per heavy atom. The molecule has 2 amide bonds. The summed E-state index contributed by atoms with van der Waals surface area (Å²) in [5, 5.41) is 21.8. The fraction of sp³-hybridized carbons (Fsp3) is 0.120. The van der Waals surface area contributed by atoms with Crippen molar-refractivity contribution in [3.05, 3.63) is 99.6 Å². The Bertz CT molecular complexity index is 1220. The van der Waals surface area contributed by atoms with E-state index < -0.39 is 11.9 Å². The highest BCUT2D eigenvalue weighted by molar-refractivity contribution is 6.30. The molecule has 10 heteroatoms. The van der Waals surface area contributed by atoms with Gasteiger partial charge in [0.25, 0.3) is 11.9 Å². The van der Waals surface area contributed by atoms with Crippen molar-refractivity contribution < 1.29 is 19.5 Å². The minimum Gasteiger partial charge on any atom is -0.481 e. The first-order chi connectivity index (χ1) is 16.6. The topological polar surface area (TPSA) is 171 Å². The smallest absolute Gasteiger partial charge is 0.300 e. The predicted molar refractivity (Wildman–Crippen MR) is 136 cm³/mol. The summed E-state index contributed by atoms with van der Waals surface area (Å²) >= 11 is 5.96. The Hall–Kier alpha value is -4.37. The average molecular weight is 496 g/mol. The highest BCUT2D eigenvalue weighted by Gasteiger charge is 2.10. The Morgan fingerprint density at radius 2 is 1.54 bits per heavy atom. The lowest BCUT2D eigenvalue weighted by Gasteiger charge is -2.15. The van der Waals surface area contributed by atoms with Gasteiger partial charge >= 0.3 is 0 Å². The monoisotopic (exact) mass is 495 g/mol. The molecule has 0 aromatic heterocycles. The van der Waals surface area contributed by atoms with Crippen molar-refractivity contribution in [1.29, 1.82) is 5.41 Å². The molecule has 35 heavy (non-hydrogen) atoms. The average Bonchev–Trinajstić information content (AvgIpc) is 2.81. The minimum atomic E-state index is -0.833. The lowest BCUT2D eigenvalue weighted by atomic mass is 10.1. The molecule has 0 spiro atoms. The standard InChI is InChI=1S/C23H22ClN5O2.C2H4O2/c24-19-3-1-2-17(10-19)23(31)29-13-18-9-8-16(21(25)26)11-20(18)28-12-14-4-6-15(7-5-14)22(27)30;1-2(3)4/h1-11,28H,12-13H2,(H3,25,26)(H2,27,30)(H,29,31);1H3,(H,3,4). The van der Waals surface area contributed by atoms with Crippen LogP contribution in [0.15, 0.2) is 66.7 Å². The maximum absolute atomic E-state index is 12.4. The number of nitrogens with one attached hydrogen (secondary N) is 3. The highest BCUT2D eigenvalue weighted by atomic mass is 35.5. The Labute approximate surface area is 207 Å². The van der Waals surface area contributed by atoms with Gasteiger partial charge in [0.05, 0.1) is 0 Å². The van der Waals surface area contributed by atoms with Crippen molar-refractivity contribution in [3.8, 4) is 0 Å². The molecule has 8 N–H and O–H groups in total. The summed E-state index contributed by atoms with van der Waals surface area (Å²) in [7, 11) is 0. The van der Waals surface area contributed by atoms with Crippen molar-refractivity contribution >= 4 is 40.9 Å². The van der Waals surface area contributed by atoms with Crippen LogP contribution in [-0.4, -0.2) is 28.7 Å². The van der Waals surface area contributed by atoms with Gasteiger partial charge in [-0.25, -0.2) is 0 Å². The molecule has 0 unspecified atom stereocenters. The number of carbonyl (C=O) groups excluding carboxylic acids is 2. The molecule has 0 atom stereocenters. The van der Waals surface area contributed by atoms with Crippen LogP contribution >= 0.6 is 11.6 Å². The molecule has 3 aromatic carbocycles. The number of nitrogen functional groups attached to an aromatic ring is 1. The quantitative estimate of drug-likeness (QED) is 0.206. The molecule has 0 heterocycles. The number of rotatable bonds is 8. The minimum absolute atomic E-state index is 0.0524. The van der Waals surface area contributed by atoms with Crippen LogP contribution in [0.25, 0.3) is 0 Å². The maximum Gasteiger partial charge on any atom is 0.300 e. The third-order valence-electron chi connectivity index (χ3n) is 4.67. The molecular weight excluding hydrogens is 470 g/mol. The van der Waals surface area contributed by atoms with E-state index in [9.17, 15) is 9.59 Å². The fourth-order valence-corrected chi connectivity index (χ4v) is 3.14. The third kappa shape index (κ3) is 8.82. The summed E-state index contributed by atoms with van der Waals surface area (Å²) in [5.74, 6) is -1.61. The second-order valence-corrected chi connectivity index (χ2v) is 7.85. The molecule has 0 saturated heterocycles. The van der Waals surface area contributed by atoms with Crippen LogP contribution in [0.2, 0.25) is 5.02 Å². The van der Waals surface area contributed by atoms with E-state index in [0.717, 1.165) is 23.7 Å². The molecule has 0 fully saturated rings. The second-order valence-electron chi connectivity index (χ2n) is 7.41. The van der Waals surface area contributed by atoms with Gasteiger partial charge < -0.3 is 27.2 Å². The van der Waals surface area contributed by atoms with Crippen LogP contribution in [0.5, 0.6) is 0 Å². The number of halogens is 1. The number of anilines is 1. The van der Waals surface area contributed by atoms with Crippen LogP contribution in [0.1, 0.15) is 44.3 Å². The zero-order valence-corrected chi connectivity index (χ0v) is 19.7. The van der Waals surface area contributed by atoms with Gasteiger partial charge in [-0.05, 0) is 47.5 Å². The summed E-state index contributed by atoms with van der Waals surface area (Å²) in [5.41, 5.74) is 14.9. The van der Waals surface area contributed by atoms with Crippen molar-refractivity contribution in [3.63, 3.8) is 0 Å². The number of carbonyl (C=O) groups is 3. The molecule has 0 radical (unpaired) electrons. The number of carboxylic acids is 1. The number of hydrogen-bond donors (Lipinski definition) is 6. The summed E-state index contributed by atoms with van der Waals surface area (Å²) < 4.78 is 0. The first kappa shape index (κ1) is 26.9. The molecule has 3 rings (SSSR count). The van der Waals surface area contributed by atoms with Crippen LogP contribution in [-0.2, 0) is 17.9 Å². The second kappa shape index (κ2) is 12.8. The molecule has 182 valence electrons. The van der Waals surface area contributed by atoms with Crippen LogP contribution in [0, 0.1) is 5.41 Å². The van der Waals surface area contributed by atoms with Gasteiger partial charge in [0.15, 0.2) is 0 Å². The molecular formula is C25H26ClN5O4. The summed E-state index contributed by atoms with van der Waals surface area (Å²) in [4.78, 5) is 32.7. The van der Waals surface area contributed by atoms with Gasteiger partial charge in [-0.1, -0.05) is 41.9 Å². The van der Waals surface area contributed by atoms with E-state index in [2.05, 4.69) is 10.6 Å². The van der Waals surface area contributed by atoms with Crippen molar-refractivity contribution in [2.75, 3.05) is 5.32 Å². The molecule has 0 saturated carbocycles. The van der Waals surface area contributed by atoms with E-state index in [1.807, 2.05) is 18.2 Å². The van der Waals surface area contributed by atoms with Crippen LogP contribution in [0.3, 0.4) is 0 Å². The van der Waals surface area contributed by atoms with E-state index in [4.69, 9.17) is 38.4 Å². The third-order valence-corrected chi connectivity index (χ3v) is 4.90. The number of nitrogens with two attached hydrogens (primary N) is 2. The molecule has 0 aliphatic heterocycles. The maximum atomic E-state index is 12.4. The highest BCUT2D eigenvalue weighted by Crippen LogP contribution is 2.20. The van der Waals surface area contributed by atoms with Crippen molar-refractivity contribution in [1.82, 2.24) is 5.32 Å². The van der Waals surface area contributed by atoms with Crippen molar-refractivity contribution in [2.24, 2.45) is 11.5 Å². The largest absolute Gasteiger partial charge is 0.481 e. The number of primary amides is 1. The van der Waals surface area contributed by atoms with Gasteiger partial charge in [0, 0.05) is 47.4 Å². The number of amides is 2. The number of carboxylic acid groups (broad SMARTS) is 1. The SMILES string of the molecule is CC(=O)O.N=C(N)c1ccc(CNC(=O)c2cccc(Cl)c2)c(NCc2ccc(C(N)=O)cc2)c1. The number of benzene rings is 3. The Morgan fingerprint density at radius 1 is 0.914 bits per heavy atom. The predicted octanol–water partition coefficient (Wildman–Crippen LogP) is 3.36. The van der Waals surface area contributed by atoms with Gasteiger partial charge in [-0.2, -0.15) is 0 Å². The summed E-state index contributed by atoms with van der Waals surface area (Å²) in [6.07, 6.45) is 0. The molecule has 0 bridgehead atoms. The summed E-state index contributed by atoms with van der Waals surface area (Å²) in [6, 6.07) is 19.0. The number of hydrogen-bond acceptors (Lipinski definition) is 5. The Kier molecular flexibility index (Phi) is 9.80. The number of aliphatic carboxylic acids is 1. The number of amidine groups is 1. The van der Waals surface area contributed by atoms with E-state index in [0.29, 0.717) is 28.3 Å². The van der Waals surface area contributed by atoms with Crippen molar-refractivity contribution in [2.45, 2.75) is 20.0 Å². The molecule has 3 aromatic rings. The van der Waals surface area contributed by atoms with Gasteiger partial charge in [-0.15, -0.1) is 0 Å². The van der Waals surface area contributed by atoms with E-state index in [-0.39, 0.29) is 18.3 Å². The zero-order chi connectivity index (χ0) is 26.0. The normalized spacial score (nSPS) is 9.89. The van der Waals surface area contributed by atoms with Crippen LogP contribution in [0.4, 0.5) is 5.69 Å². The first-order valence-corrected chi connectivity index (χ1v) is 10.8. The first-order valence-electron chi connectivity index (χ1n) is 10.4. The van der Waals surface area contributed by atoms with Gasteiger partial charge in [0.2, 0.25) is 5.91 Å². The van der Waals surface area contributed by atoms with E-state index in [1.165, 1.54) is 0 Å². The van der Waals surface area contributed by atoms with Gasteiger partial charge in [-0.3, -0.25) is 19.8 Å². The Balaban J connectivity index is 0.00000100. The van der Waals surface area contributed by atoms with Gasteiger partial charge in [0.1, 0.15) is 5.84 Å². The van der Waals surface area contributed by atoms with E-state index >= 15 is 0 Å².